The van der Waals surface area contributed by atoms with E-state index in [0.717, 1.165) is 12.1 Å². The minimum atomic E-state index is -4.44. The molecule has 1 heterocycles. The molecule has 1 aliphatic heterocycles. The highest BCUT2D eigenvalue weighted by atomic mass is 19.4. The number of alkyl halides is 3. The summed E-state index contributed by atoms with van der Waals surface area (Å²) in [5.74, 6) is -1.04. The zero-order chi connectivity index (χ0) is 19.1. The first kappa shape index (κ1) is 17.8. The maximum absolute atomic E-state index is 12.8. The zero-order valence-corrected chi connectivity index (χ0v) is 13.9. The topological polar surface area (TPSA) is 66.6 Å². The van der Waals surface area contributed by atoms with Crippen molar-refractivity contribution in [3.8, 4) is 0 Å². The van der Waals surface area contributed by atoms with Crippen LogP contribution in [0.5, 0.6) is 0 Å². The van der Waals surface area contributed by atoms with E-state index in [1.54, 1.807) is 24.3 Å². The van der Waals surface area contributed by atoms with Crippen LogP contribution in [0.4, 0.5) is 24.5 Å². The van der Waals surface area contributed by atoms with Crippen LogP contribution >= 0.6 is 0 Å². The minimum absolute atomic E-state index is 0.322. The summed E-state index contributed by atoms with van der Waals surface area (Å²) in [5, 5.41) is 10.4. The number of amides is 1. The quantitative estimate of drug-likeness (QED) is 0.796. The average Bonchev–Trinajstić information content (AvgIpc) is 2.86. The number of anilines is 2. The monoisotopic (exact) mass is 362 g/mol. The van der Waals surface area contributed by atoms with Crippen LogP contribution in [0.25, 0.3) is 5.57 Å². The van der Waals surface area contributed by atoms with Gasteiger partial charge in [-0.05, 0) is 48.4 Å². The molecule has 2 aromatic carbocycles. The Bertz CT molecular complexity index is 856. The smallest absolute Gasteiger partial charge is 0.416 e. The van der Waals surface area contributed by atoms with E-state index in [1.165, 1.54) is 17.0 Å². The van der Waals surface area contributed by atoms with Crippen molar-refractivity contribution in [1.29, 1.82) is 0 Å². The third-order valence-electron chi connectivity index (χ3n) is 4.40. The van der Waals surface area contributed by atoms with Crippen molar-refractivity contribution >= 4 is 22.9 Å². The molecule has 0 saturated heterocycles. The third kappa shape index (κ3) is 3.00. The van der Waals surface area contributed by atoms with Gasteiger partial charge in [-0.3, -0.25) is 9.69 Å². The number of hydrogen-bond acceptors (Lipinski definition) is 3. The van der Waals surface area contributed by atoms with Crippen molar-refractivity contribution in [2.75, 3.05) is 10.6 Å². The largest absolute Gasteiger partial charge is 0.503 e. The van der Waals surface area contributed by atoms with E-state index < -0.39 is 29.4 Å². The first-order valence-electron chi connectivity index (χ1n) is 8.04. The van der Waals surface area contributed by atoms with Gasteiger partial charge in [0.2, 0.25) is 0 Å². The lowest BCUT2D eigenvalue weighted by Gasteiger charge is -2.26. The third-order valence-corrected chi connectivity index (χ3v) is 4.40. The van der Waals surface area contributed by atoms with Gasteiger partial charge in [0.25, 0.3) is 5.91 Å². The summed E-state index contributed by atoms with van der Waals surface area (Å²) in [5.41, 5.74) is 6.68. The fourth-order valence-electron chi connectivity index (χ4n) is 3.14. The Labute approximate surface area is 148 Å². The normalized spacial score (nSPS) is 17.9. The second kappa shape index (κ2) is 6.40. The van der Waals surface area contributed by atoms with Crippen molar-refractivity contribution in [2.45, 2.75) is 25.6 Å². The van der Waals surface area contributed by atoms with E-state index in [2.05, 4.69) is 0 Å². The Morgan fingerprint density at radius 2 is 1.65 bits per heavy atom. The fourth-order valence-corrected chi connectivity index (χ4v) is 3.14. The molecule has 0 bridgehead atoms. The predicted molar refractivity (Wildman–Crippen MR) is 93.4 cm³/mol. The van der Waals surface area contributed by atoms with E-state index >= 15 is 0 Å². The van der Waals surface area contributed by atoms with Gasteiger partial charge in [-0.25, -0.2) is 0 Å². The molecule has 0 aromatic heterocycles. The number of aliphatic hydroxyl groups excluding tert-OH is 1. The highest BCUT2D eigenvalue weighted by molar-refractivity contribution is 6.15. The summed E-state index contributed by atoms with van der Waals surface area (Å²) in [4.78, 5) is 14.0. The van der Waals surface area contributed by atoms with Crippen LogP contribution in [0.15, 0.2) is 54.3 Å². The molecule has 7 heteroatoms. The lowest BCUT2D eigenvalue weighted by Crippen LogP contribution is -2.35. The Morgan fingerprint density at radius 3 is 2.15 bits per heavy atom. The number of benzene rings is 2. The molecule has 3 rings (SSSR count). The highest BCUT2D eigenvalue weighted by Gasteiger charge is 2.40. The summed E-state index contributed by atoms with van der Waals surface area (Å²) >= 11 is 0. The number of aliphatic hydroxyl groups is 1. The van der Waals surface area contributed by atoms with Crippen LogP contribution in [-0.4, -0.2) is 17.1 Å². The minimum Gasteiger partial charge on any atom is -0.503 e. The van der Waals surface area contributed by atoms with Gasteiger partial charge in [0.15, 0.2) is 5.76 Å². The van der Waals surface area contributed by atoms with Gasteiger partial charge in [-0.15, -0.1) is 0 Å². The van der Waals surface area contributed by atoms with E-state index in [1.807, 2.05) is 6.92 Å². The second-order valence-electron chi connectivity index (χ2n) is 6.03. The number of hydrogen-bond donors (Lipinski definition) is 2. The van der Waals surface area contributed by atoms with E-state index in [9.17, 15) is 23.1 Å². The van der Waals surface area contributed by atoms with Crippen LogP contribution < -0.4 is 10.6 Å². The molecule has 0 radical (unpaired) electrons. The molecular formula is C19H17F3N2O2. The van der Waals surface area contributed by atoms with Crippen LogP contribution in [0.3, 0.4) is 0 Å². The molecule has 4 nitrogen and oxygen atoms in total. The van der Waals surface area contributed by atoms with Crippen molar-refractivity contribution in [1.82, 2.24) is 0 Å². The molecule has 1 unspecified atom stereocenters. The maximum Gasteiger partial charge on any atom is 0.416 e. The van der Waals surface area contributed by atoms with E-state index in [0.29, 0.717) is 28.9 Å². The van der Waals surface area contributed by atoms with E-state index in [4.69, 9.17) is 5.73 Å². The summed E-state index contributed by atoms with van der Waals surface area (Å²) in [6.45, 7) is 1.84. The Hall–Kier alpha value is -2.96. The fraction of sp³-hybridized carbons (Fsp3) is 0.211. The van der Waals surface area contributed by atoms with Gasteiger partial charge in [0, 0.05) is 16.9 Å². The van der Waals surface area contributed by atoms with Crippen LogP contribution in [0.1, 0.15) is 24.5 Å². The van der Waals surface area contributed by atoms with Crippen LogP contribution in [-0.2, 0) is 11.0 Å². The first-order chi connectivity index (χ1) is 12.2. The zero-order valence-electron chi connectivity index (χ0n) is 13.9. The number of carbonyl (C=O) groups is 1. The molecule has 0 spiro atoms. The number of nitrogens with zero attached hydrogens (tertiary/aromatic N) is 1. The SMILES string of the molecule is CCC1C(c2ccc(C(F)(F)F)cc2)=C(O)C(=O)N1c1ccc(N)cc1. The van der Waals surface area contributed by atoms with Crippen LogP contribution in [0, 0.1) is 0 Å². The molecule has 136 valence electrons. The summed E-state index contributed by atoms with van der Waals surface area (Å²) in [6, 6.07) is 10.6. The molecule has 26 heavy (non-hydrogen) atoms. The van der Waals surface area contributed by atoms with Crippen molar-refractivity contribution in [2.24, 2.45) is 0 Å². The van der Waals surface area contributed by atoms with Crippen LogP contribution in [0.2, 0.25) is 0 Å². The molecule has 1 aliphatic rings. The van der Waals surface area contributed by atoms with Gasteiger partial charge in [0.1, 0.15) is 0 Å². The Balaban J connectivity index is 2.01. The molecule has 0 fully saturated rings. The van der Waals surface area contributed by atoms with Gasteiger partial charge >= 0.3 is 6.18 Å². The molecule has 0 saturated carbocycles. The van der Waals surface area contributed by atoms with Crippen molar-refractivity contribution in [3.05, 3.63) is 65.4 Å². The summed E-state index contributed by atoms with van der Waals surface area (Å²) in [7, 11) is 0. The Kier molecular flexibility index (Phi) is 4.39. The number of halogens is 3. The molecule has 0 aliphatic carbocycles. The standard InChI is InChI=1S/C19H17F3N2O2/c1-2-15-16(11-3-5-12(6-4-11)19(20,21)22)17(25)18(26)24(15)14-9-7-13(23)8-10-14/h3-10,15,25H,2,23H2,1H3. The number of rotatable bonds is 3. The maximum atomic E-state index is 12.8. The first-order valence-corrected chi connectivity index (χ1v) is 8.04. The molecular weight excluding hydrogens is 345 g/mol. The molecule has 1 atom stereocenters. The summed E-state index contributed by atoms with van der Waals surface area (Å²) < 4.78 is 38.3. The second-order valence-corrected chi connectivity index (χ2v) is 6.03. The molecule has 2 aromatic rings. The number of nitrogens with two attached hydrogens (primary N) is 1. The highest BCUT2D eigenvalue weighted by Crippen LogP contribution is 2.38. The van der Waals surface area contributed by atoms with Gasteiger partial charge < -0.3 is 10.8 Å². The lowest BCUT2D eigenvalue weighted by molar-refractivity contribution is -0.137. The number of nitrogen functional groups attached to an aromatic ring is 1. The molecule has 3 N–H and O–H groups in total. The number of carbonyl (C=O) groups excluding carboxylic acids is 1. The van der Waals surface area contributed by atoms with Gasteiger partial charge in [-0.2, -0.15) is 13.2 Å². The summed E-state index contributed by atoms with van der Waals surface area (Å²) in [6.07, 6.45) is -3.96. The van der Waals surface area contributed by atoms with E-state index in [-0.39, 0.29) is 0 Å². The van der Waals surface area contributed by atoms with Crippen molar-refractivity contribution in [3.63, 3.8) is 0 Å². The van der Waals surface area contributed by atoms with Gasteiger partial charge in [0.05, 0.1) is 11.6 Å². The van der Waals surface area contributed by atoms with Crippen molar-refractivity contribution < 1.29 is 23.1 Å². The lowest BCUT2D eigenvalue weighted by atomic mass is 9.96. The average molecular weight is 362 g/mol. The predicted octanol–water partition coefficient (Wildman–Crippen LogP) is 4.38. The van der Waals surface area contributed by atoms with Gasteiger partial charge in [-0.1, -0.05) is 19.1 Å². The Morgan fingerprint density at radius 1 is 1.08 bits per heavy atom. The molecule has 1 amide bonds.